The molecule has 4 aromatic carbocycles. The highest BCUT2D eigenvalue weighted by Crippen LogP contribution is 2.54. The topological polar surface area (TPSA) is 109 Å². The summed E-state index contributed by atoms with van der Waals surface area (Å²) >= 11 is 8.50. The quantitative estimate of drug-likeness (QED) is 0.213. The summed E-state index contributed by atoms with van der Waals surface area (Å²) in [4.78, 5) is 57.1. The largest absolute Gasteiger partial charge is 0.483 e. The highest BCUT2D eigenvalue weighted by Gasteiger charge is 2.56. The van der Waals surface area contributed by atoms with Crippen molar-refractivity contribution >= 4 is 74.6 Å². The minimum absolute atomic E-state index is 0.250. The molecule has 2 aliphatic heterocycles. The number of rotatable bonds is 6. The van der Waals surface area contributed by atoms with E-state index in [0.29, 0.717) is 26.2 Å². The lowest BCUT2D eigenvalue weighted by Gasteiger charge is -2.31. The van der Waals surface area contributed by atoms with Gasteiger partial charge in [0, 0.05) is 27.1 Å². The van der Waals surface area contributed by atoms with Gasteiger partial charge in [-0.1, -0.05) is 65.0 Å². The smallest absolute Gasteiger partial charge is 0.305 e. The van der Waals surface area contributed by atoms with Gasteiger partial charge in [-0.25, -0.2) is 9.29 Å². The van der Waals surface area contributed by atoms with Gasteiger partial charge in [-0.3, -0.25) is 19.2 Å². The summed E-state index contributed by atoms with van der Waals surface area (Å²) in [5.41, 5.74) is 1.32. The Morgan fingerprint density at radius 2 is 1.73 bits per heavy atom. The second kappa shape index (κ2) is 11.2. The number of thioether (sulfide) groups is 1. The summed E-state index contributed by atoms with van der Waals surface area (Å²) in [6.07, 6.45) is 0. The van der Waals surface area contributed by atoms with Gasteiger partial charge in [0.15, 0.2) is 6.61 Å². The van der Waals surface area contributed by atoms with Crippen molar-refractivity contribution in [3.05, 3.63) is 116 Å². The van der Waals surface area contributed by atoms with Gasteiger partial charge >= 0.3 is 4.87 Å². The van der Waals surface area contributed by atoms with Gasteiger partial charge in [0.05, 0.1) is 16.6 Å². The number of nitrogens with one attached hydrogen (secondary N) is 2. The van der Waals surface area contributed by atoms with Crippen LogP contribution >= 0.6 is 34.7 Å². The molecular weight excluding hydrogens is 625 g/mol. The van der Waals surface area contributed by atoms with Gasteiger partial charge in [-0.15, -0.1) is 0 Å². The summed E-state index contributed by atoms with van der Waals surface area (Å²) in [5.74, 6) is -3.27. The van der Waals surface area contributed by atoms with Gasteiger partial charge in [0.2, 0.25) is 11.8 Å². The molecule has 0 saturated carbocycles. The van der Waals surface area contributed by atoms with Crippen molar-refractivity contribution in [1.29, 1.82) is 0 Å². The average Bonchev–Trinajstić information content (AvgIpc) is 3.51. The predicted molar refractivity (Wildman–Crippen MR) is 168 cm³/mol. The molecule has 220 valence electrons. The molecule has 1 fully saturated rings. The molecule has 0 radical (unpaired) electrons. The third-order valence-corrected chi connectivity index (χ3v) is 10.2. The first-order valence-corrected chi connectivity index (χ1v) is 15.6. The Hall–Kier alpha value is -4.45. The highest BCUT2D eigenvalue weighted by atomic mass is 35.5. The van der Waals surface area contributed by atoms with Gasteiger partial charge in [-0.2, -0.15) is 0 Å². The van der Waals surface area contributed by atoms with E-state index in [4.69, 9.17) is 16.3 Å². The normalized spacial score (nSPS) is 19.1. The number of carbonyl (C=O) groups excluding carboxylic acids is 3. The number of H-pyrrole nitrogens is 1. The van der Waals surface area contributed by atoms with E-state index in [1.54, 1.807) is 24.3 Å². The summed E-state index contributed by atoms with van der Waals surface area (Å²) < 4.78 is 19.6. The molecule has 3 atom stereocenters. The number of nitrogens with zero attached hydrogens (tertiary/aromatic N) is 1. The van der Waals surface area contributed by atoms with Gasteiger partial charge in [0.1, 0.15) is 16.8 Å². The molecule has 0 spiro atoms. The molecule has 0 aliphatic carbocycles. The standard InChI is InChI=1S/C32H21ClFN3O5S2/c33-18-6-12-23(42-15-24(38)35-20-9-5-16-3-1-2-4-17(16)13-20)22(14-18)25-26-28(43-29-27(25)44-32(41)36-29)31(40)37(30(26)39)21-10-7-19(34)8-11-21/h1-14,25-26,28H,15H2,(H,35,38)(H,36,41). The first-order valence-electron chi connectivity index (χ1n) is 13.5. The van der Waals surface area contributed by atoms with Crippen LogP contribution in [0.5, 0.6) is 5.75 Å². The maximum atomic E-state index is 14.0. The molecule has 1 aromatic heterocycles. The second-order valence-corrected chi connectivity index (χ2v) is 12.9. The maximum absolute atomic E-state index is 14.0. The molecule has 7 rings (SSSR count). The van der Waals surface area contributed by atoms with Crippen LogP contribution in [0.25, 0.3) is 10.8 Å². The zero-order valence-corrected chi connectivity index (χ0v) is 25.0. The molecule has 3 amide bonds. The Labute approximate surface area is 262 Å². The number of hydrogen-bond donors (Lipinski definition) is 2. The number of ether oxygens (including phenoxy) is 1. The lowest BCUT2D eigenvalue weighted by Crippen LogP contribution is -2.32. The van der Waals surface area contributed by atoms with E-state index >= 15 is 0 Å². The van der Waals surface area contributed by atoms with Crippen LogP contribution in [0, 0.1) is 11.7 Å². The van der Waals surface area contributed by atoms with E-state index in [9.17, 15) is 23.6 Å². The van der Waals surface area contributed by atoms with Crippen molar-refractivity contribution in [3.8, 4) is 5.75 Å². The monoisotopic (exact) mass is 645 g/mol. The Kier molecular flexibility index (Phi) is 7.23. The third kappa shape index (κ3) is 5.06. The first-order chi connectivity index (χ1) is 21.3. The lowest BCUT2D eigenvalue weighted by molar-refractivity contribution is -0.122. The van der Waals surface area contributed by atoms with E-state index in [1.165, 1.54) is 24.3 Å². The number of imide groups is 1. The Balaban J connectivity index is 1.21. The third-order valence-electron chi connectivity index (χ3n) is 7.61. The van der Waals surface area contributed by atoms with Crippen molar-refractivity contribution in [2.24, 2.45) is 5.92 Å². The van der Waals surface area contributed by atoms with E-state index in [0.717, 1.165) is 38.8 Å². The van der Waals surface area contributed by atoms with E-state index in [1.807, 2.05) is 36.4 Å². The average molecular weight is 646 g/mol. The molecule has 0 bridgehead atoms. The molecule has 2 N–H and O–H groups in total. The predicted octanol–water partition coefficient (Wildman–Crippen LogP) is 6.20. The number of halogens is 2. The number of fused-ring (bicyclic) bond motifs is 3. The van der Waals surface area contributed by atoms with Crippen LogP contribution in [0.15, 0.2) is 94.7 Å². The Bertz CT molecular complexity index is 2030. The van der Waals surface area contributed by atoms with E-state index in [2.05, 4.69) is 10.3 Å². The van der Waals surface area contributed by atoms with Crippen LogP contribution in [-0.4, -0.2) is 34.6 Å². The maximum Gasteiger partial charge on any atom is 0.305 e. The van der Waals surface area contributed by atoms with Crippen LogP contribution in [-0.2, 0) is 14.4 Å². The van der Waals surface area contributed by atoms with Crippen molar-refractivity contribution in [1.82, 2.24) is 4.98 Å². The molecule has 3 unspecified atom stereocenters. The SMILES string of the molecule is O=C(COc1ccc(Cl)cc1C1c2sc(=O)[nH]c2SC2C(=O)N(c3ccc(F)cc3)C(=O)C21)Nc1ccc2ccccc2c1. The molecule has 5 aromatic rings. The summed E-state index contributed by atoms with van der Waals surface area (Å²) in [6, 6.07) is 23.3. The lowest BCUT2D eigenvalue weighted by atomic mass is 9.82. The number of benzene rings is 4. The molecule has 8 nitrogen and oxygen atoms in total. The van der Waals surface area contributed by atoms with Crippen LogP contribution in [0.2, 0.25) is 5.02 Å². The fraction of sp³-hybridized carbons (Fsp3) is 0.125. The van der Waals surface area contributed by atoms with Crippen molar-refractivity contribution in [2.75, 3.05) is 16.8 Å². The highest BCUT2D eigenvalue weighted by molar-refractivity contribution is 8.00. The minimum atomic E-state index is -0.913. The zero-order chi connectivity index (χ0) is 30.5. The van der Waals surface area contributed by atoms with E-state index in [-0.39, 0.29) is 22.9 Å². The van der Waals surface area contributed by atoms with Crippen LogP contribution in [0.1, 0.15) is 16.4 Å². The fourth-order valence-electron chi connectivity index (χ4n) is 5.70. The van der Waals surface area contributed by atoms with E-state index < -0.39 is 40.6 Å². The van der Waals surface area contributed by atoms with Gasteiger partial charge in [-0.05, 0) is 65.4 Å². The molecule has 44 heavy (non-hydrogen) atoms. The summed E-state index contributed by atoms with van der Waals surface area (Å²) in [5, 5.41) is 4.82. The van der Waals surface area contributed by atoms with Crippen LogP contribution in [0.4, 0.5) is 15.8 Å². The van der Waals surface area contributed by atoms with Crippen molar-refractivity contribution in [2.45, 2.75) is 16.2 Å². The zero-order valence-electron chi connectivity index (χ0n) is 22.6. The van der Waals surface area contributed by atoms with Gasteiger partial charge in [0.25, 0.3) is 5.91 Å². The number of amides is 3. The van der Waals surface area contributed by atoms with Gasteiger partial charge < -0.3 is 15.0 Å². The molecule has 1 saturated heterocycles. The molecule has 2 aliphatic rings. The number of aromatic nitrogens is 1. The molecular formula is C32H21ClFN3O5S2. The van der Waals surface area contributed by atoms with Crippen LogP contribution < -0.4 is 19.8 Å². The number of hydrogen-bond acceptors (Lipinski definition) is 7. The minimum Gasteiger partial charge on any atom is -0.483 e. The Morgan fingerprint density at radius 1 is 0.955 bits per heavy atom. The summed E-state index contributed by atoms with van der Waals surface area (Å²) in [7, 11) is 0. The number of anilines is 2. The number of thiazole rings is 1. The number of carbonyl (C=O) groups is 3. The van der Waals surface area contributed by atoms with Crippen molar-refractivity contribution in [3.63, 3.8) is 0 Å². The second-order valence-electron chi connectivity index (χ2n) is 10.3. The molecule has 3 heterocycles. The first kappa shape index (κ1) is 28.3. The summed E-state index contributed by atoms with van der Waals surface area (Å²) in [6.45, 7) is -0.345. The fourth-order valence-corrected chi connectivity index (χ4v) is 8.38. The Morgan fingerprint density at radius 3 is 2.52 bits per heavy atom. The van der Waals surface area contributed by atoms with Crippen molar-refractivity contribution < 1.29 is 23.5 Å². The van der Waals surface area contributed by atoms with Crippen LogP contribution in [0.3, 0.4) is 0 Å². The molecule has 12 heteroatoms. The number of aromatic amines is 1.